The molecule has 2 fully saturated rings. The van der Waals surface area contributed by atoms with Gasteiger partial charge in [0.1, 0.15) is 11.9 Å². The molecule has 1 aliphatic carbocycles. The van der Waals surface area contributed by atoms with E-state index >= 15 is 0 Å². The van der Waals surface area contributed by atoms with E-state index in [0.717, 1.165) is 31.4 Å². The largest absolute Gasteiger partial charge is 0.497 e. The number of halogens is 3. The first-order valence-corrected chi connectivity index (χ1v) is 9.21. The minimum atomic E-state index is -0.702. The van der Waals surface area contributed by atoms with Crippen molar-refractivity contribution in [3.05, 3.63) is 27.7 Å². The quantitative estimate of drug-likeness (QED) is 0.766. The lowest BCUT2D eigenvalue weighted by atomic mass is 9.92. The smallest absolute Gasteiger partial charge is 0.226 e. The van der Waals surface area contributed by atoms with E-state index in [2.05, 4.69) is 0 Å². The van der Waals surface area contributed by atoms with E-state index in [1.54, 1.807) is 19.2 Å². The zero-order chi connectivity index (χ0) is 17.3. The average Bonchev–Trinajstić information content (AvgIpc) is 2.92. The van der Waals surface area contributed by atoms with Crippen LogP contribution < -0.4 is 4.74 Å². The third kappa shape index (κ3) is 3.65. The summed E-state index contributed by atoms with van der Waals surface area (Å²) >= 11 is 12.6. The van der Waals surface area contributed by atoms with Crippen molar-refractivity contribution in [1.29, 1.82) is 0 Å². The van der Waals surface area contributed by atoms with Gasteiger partial charge in [-0.1, -0.05) is 23.2 Å². The number of nitrogens with zero attached hydrogens (tertiary/aromatic N) is 1. The molecule has 1 unspecified atom stereocenters. The maximum absolute atomic E-state index is 13.3. The number of hydrogen-bond donors (Lipinski definition) is 0. The van der Waals surface area contributed by atoms with Crippen molar-refractivity contribution in [2.75, 3.05) is 13.7 Å². The van der Waals surface area contributed by atoms with E-state index in [9.17, 15) is 9.18 Å². The second-order valence-corrected chi connectivity index (χ2v) is 7.51. The summed E-state index contributed by atoms with van der Waals surface area (Å²) in [6.07, 6.45) is 3.30. The van der Waals surface area contributed by atoms with Crippen LogP contribution in [0.1, 0.15) is 37.7 Å². The van der Waals surface area contributed by atoms with Gasteiger partial charge < -0.3 is 9.64 Å². The van der Waals surface area contributed by atoms with Gasteiger partial charge in [0, 0.05) is 28.5 Å². The Balaban J connectivity index is 1.68. The molecule has 0 spiro atoms. The lowest BCUT2D eigenvalue weighted by Gasteiger charge is -2.32. The number of alkyl halides is 1. The van der Waals surface area contributed by atoms with Crippen molar-refractivity contribution in [1.82, 2.24) is 4.90 Å². The fourth-order valence-corrected chi connectivity index (χ4v) is 4.42. The monoisotopic (exact) mass is 373 g/mol. The lowest BCUT2D eigenvalue weighted by molar-refractivity contribution is -0.133. The number of carbonyl (C=O) groups is 1. The molecule has 0 bridgehead atoms. The minimum absolute atomic E-state index is 0.100. The summed E-state index contributed by atoms with van der Waals surface area (Å²) in [6.45, 7) is 0.747. The molecule has 0 radical (unpaired) electrons. The molecule has 132 valence electrons. The third-order valence-corrected chi connectivity index (χ3v) is 5.89. The topological polar surface area (TPSA) is 29.5 Å². The van der Waals surface area contributed by atoms with Crippen molar-refractivity contribution in [2.24, 2.45) is 5.92 Å². The molecule has 24 heavy (non-hydrogen) atoms. The van der Waals surface area contributed by atoms with E-state index < -0.39 is 6.17 Å². The normalized spacial score (nSPS) is 27.6. The molecular weight excluding hydrogens is 352 g/mol. The van der Waals surface area contributed by atoms with E-state index in [4.69, 9.17) is 27.9 Å². The van der Waals surface area contributed by atoms with Gasteiger partial charge in [-0.25, -0.2) is 4.39 Å². The maximum Gasteiger partial charge on any atom is 0.226 e. The molecule has 3 nitrogen and oxygen atoms in total. The Hall–Kier alpha value is -1.00. The Morgan fingerprint density at radius 3 is 2.38 bits per heavy atom. The number of likely N-dealkylation sites (tertiary alicyclic amines) is 1. The van der Waals surface area contributed by atoms with Crippen molar-refractivity contribution in [3.8, 4) is 5.75 Å². The molecule has 2 aliphatic rings. The van der Waals surface area contributed by atoms with Gasteiger partial charge in [-0.05, 0) is 56.2 Å². The predicted octanol–water partition coefficient (Wildman–Crippen LogP) is 4.67. The number of ether oxygens (including phenoxy) is 1. The zero-order valence-corrected chi connectivity index (χ0v) is 15.2. The number of rotatable bonds is 4. The molecule has 1 aromatic rings. The fraction of sp³-hybridized carbons (Fsp3) is 0.611. The standard InChI is InChI=1S/C18H22Cl2FNO2/c1-24-14-9-16(19)15(17(20)10-14)8-11-6-7-22(18(11)23)13-4-2-12(21)3-5-13/h9-13H,2-8H2,1H3/t11?,12-,13-. The SMILES string of the molecule is COc1cc(Cl)c(CC2CCN([C@H]3CC[C@H](F)CC3)C2=O)c(Cl)c1. The lowest BCUT2D eigenvalue weighted by Crippen LogP contribution is -2.40. The second-order valence-electron chi connectivity index (χ2n) is 6.70. The van der Waals surface area contributed by atoms with Crippen LogP contribution in [0.5, 0.6) is 5.75 Å². The first-order chi connectivity index (χ1) is 11.5. The van der Waals surface area contributed by atoms with E-state index in [1.165, 1.54) is 0 Å². The molecule has 3 rings (SSSR count). The number of benzene rings is 1. The Bertz CT molecular complexity index is 594. The zero-order valence-electron chi connectivity index (χ0n) is 13.7. The van der Waals surface area contributed by atoms with Gasteiger partial charge in [-0.3, -0.25) is 4.79 Å². The first-order valence-electron chi connectivity index (χ1n) is 8.46. The summed E-state index contributed by atoms with van der Waals surface area (Å²) in [6, 6.07) is 3.64. The van der Waals surface area contributed by atoms with Crippen LogP contribution in [-0.2, 0) is 11.2 Å². The fourth-order valence-electron chi connectivity index (χ4n) is 3.80. The van der Waals surface area contributed by atoms with Crippen LogP contribution in [0.3, 0.4) is 0 Å². The third-order valence-electron chi connectivity index (χ3n) is 5.22. The van der Waals surface area contributed by atoms with E-state index in [1.807, 2.05) is 4.90 Å². The molecule has 1 amide bonds. The summed E-state index contributed by atoms with van der Waals surface area (Å²) < 4.78 is 18.5. The minimum Gasteiger partial charge on any atom is -0.497 e. The summed E-state index contributed by atoms with van der Waals surface area (Å²) in [5.41, 5.74) is 0.798. The van der Waals surface area contributed by atoms with Crippen molar-refractivity contribution in [2.45, 2.75) is 50.7 Å². The van der Waals surface area contributed by atoms with Crippen molar-refractivity contribution >= 4 is 29.1 Å². The molecule has 0 aromatic heterocycles. The van der Waals surface area contributed by atoms with E-state index in [0.29, 0.717) is 35.1 Å². The highest BCUT2D eigenvalue weighted by molar-refractivity contribution is 6.36. The van der Waals surface area contributed by atoms with Crippen molar-refractivity contribution in [3.63, 3.8) is 0 Å². The average molecular weight is 374 g/mol. The van der Waals surface area contributed by atoms with Gasteiger partial charge in [0.15, 0.2) is 0 Å². The van der Waals surface area contributed by atoms with Crippen LogP contribution in [-0.4, -0.2) is 36.7 Å². The first kappa shape index (κ1) is 17.8. The van der Waals surface area contributed by atoms with Crippen LogP contribution in [0, 0.1) is 5.92 Å². The highest BCUT2D eigenvalue weighted by Crippen LogP contribution is 2.36. The van der Waals surface area contributed by atoms with Gasteiger partial charge >= 0.3 is 0 Å². The summed E-state index contributed by atoms with van der Waals surface area (Å²) in [5.74, 6) is 0.660. The molecule has 1 saturated carbocycles. The molecule has 1 atom stereocenters. The summed E-state index contributed by atoms with van der Waals surface area (Å²) in [4.78, 5) is 14.7. The van der Waals surface area contributed by atoms with Gasteiger partial charge in [-0.15, -0.1) is 0 Å². The number of methoxy groups -OCH3 is 1. The number of carbonyl (C=O) groups excluding carboxylic acids is 1. The molecule has 0 N–H and O–H groups in total. The maximum atomic E-state index is 13.3. The van der Waals surface area contributed by atoms with Gasteiger partial charge in [0.2, 0.25) is 5.91 Å². The van der Waals surface area contributed by atoms with Gasteiger partial charge in [-0.2, -0.15) is 0 Å². The van der Waals surface area contributed by atoms with Crippen LogP contribution in [0.15, 0.2) is 12.1 Å². The molecular formula is C18H22Cl2FNO2. The van der Waals surface area contributed by atoms with Gasteiger partial charge in [0.25, 0.3) is 0 Å². The number of hydrogen-bond acceptors (Lipinski definition) is 2. The second kappa shape index (κ2) is 7.49. The summed E-state index contributed by atoms with van der Waals surface area (Å²) in [5, 5.41) is 1.06. The van der Waals surface area contributed by atoms with E-state index in [-0.39, 0.29) is 17.9 Å². The Kier molecular flexibility index (Phi) is 5.56. The highest BCUT2D eigenvalue weighted by Gasteiger charge is 2.37. The van der Waals surface area contributed by atoms with Crippen LogP contribution in [0.4, 0.5) is 4.39 Å². The molecule has 1 aliphatic heterocycles. The Morgan fingerprint density at radius 2 is 1.79 bits per heavy atom. The molecule has 6 heteroatoms. The Morgan fingerprint density at radius 1 is 1.17 bits per heavy atom. The van der Waals surface area contributed by atoms with Crippen molar-refractivity contribution < 1.29 is 13.9 Å². The highest BCUT2D eigenvalue weighted by atomic mass is 35.5. The predicted molar refractivity (Wildman–Crippen MR) is 93.7 cm³/mol. The molecule has 1 heterocycles. The van der Waals surface area contributed by atoms with Crippen LogP contribution in [0.2, 0.25) is 10.0 Å². The van der Waals surface area contributed by atoms with Crippen LogP contribution >= 0.6 is 23.2 Å². The van der Waals surface area contributed by atoms with Crippen LogP contribution in [0.25, 0.3) is 0 Å². The van der Waals surface area contributed by atoms with Gasteiger partial charge in [0.05, 0.1) is 7.11 Å². The number of amides is 1. The Labute approximate surface area is 152 Å². The molecule has 1 saturated heterocycles. The summed E-state index contributed by atoms with van der Waals surface area (Å²) in [7, 11) is 1.56. The molecule has 1 aromatic carbocycles.